The van der Waals surface area contributed by atoms with Crippen molar-refractivity contribution < 1.29 is 4.74 Å². The molecule has 0 saturated carbocycles. The van der Waals surface area contributed by atoms with Crippen molar-refractivity contribution in [1.82, 2.24) is 5.32 Å². The highest BCUT2D eigenvalue weighted by Crippen LogP contribution is 2.29. The molecule has 0 aliphatic rings. The van der Waals surface area contributed by atoms with Gasteiger partial charge in [-0.15, -0.1) is 0 Å². The Balaban J connectivity index is 2.03. The van der Waals surface area contributed by atoms with Crippen LogP contribution in [0.3, 0.4) is 0 Å². The first-order chi connectivity index (χ1) is 10.1. The van der Waals surface area contributed by atoms with Gasteiger partial charge in [0.25, 0.3) is 0 Å². The summed E-state index contributed by atoms with van der Waals surface area (Å²) in [5.41, 5.74) is 2.51. The second-order valence-corrected chi connectivity index (χ2v) is 6.05. The van der Waals surface area contributed by atoms with Crippen LogP contribution < -0.4 is 10.1 Å². The van der Waals surface area contributed by atoms with Crippen molar-refractivity contribution in [3.8, 4) is 11.5 Å². The monoisotopic (exact) mass is 303 g/mol. The zero-order chi connectivity index (χ0) is 15.2. The Kier molecular flexibility index (Phi) is 5.66. The number of ether oxygens (including phenoxy) is 1. The van der Waals surface area contributed by atoms with Crippen LogP contribution in [0.25, 0.3) is 0 Å². The predicted octanol–water partition coefficient (Wildman–Crippen LogP) is 5.19. The van der Waals surface area contributed by atoms with Gasteiger partial charge in [-0.25, -0.2) is 0 Å². The molecular formula is C18H22ClNO. The minimum absolute atomic E-state index is 0.623. The normalized spacial score (nSPS) is 10.9. The fourth-order valence-electron chi connectivity index (χ4n) is 2.08. The molecule has 0 atom stereocenters. The van der Waals surface area contributed by atoms with Gasteiger partial charge in [-0.05, 0) is 54.8 Å². The largest absolute Gasteiger partial charge is 0.456 e. The Morgan fingerprint density at radius 3 is 2.57 bits per heavy atom. The minimum Gasteiger partial charge on any atom is -0.456 e. The molecule has 2 nitrogen and oxygen atoms in total. The summed E-state index contributed by atoms with van der Waals surface area (Å²) in [6.45, 7) is 8.43. The Hall–Kier alpha value is -1.51. The van der Waals surface area contributed by atoms with E-state index in [2.05, 4.69) is 38.2 Å². The van der Waals surface area contributed by atoms with Crippen LogP contribution in [-0.4, -0.2) is 6.54 Å². The fourth-order valence-corrected chi connectivity index (χ4v) is 2.25. The molecule has 2 aromatic rings. The Labute approximate surface area is 132 Å². The number of rotatable bonds is 6. The number of benzene rings is 2. The molecule has 2 aromatic carbocycles. The van der Waals surface area contributed by atoms with Crippen molar-refractivity contribution in [2.45, 2.75) is 27.3 Å². The average Bonchev–Trinajstić information content (AvgIpc) is 2.43. The molecule has 2 rings (SSSR count). The SMILES string of the molecule is Cc1cc(Oc2ccccc2Cl)ccc1CNCC(C)C. The number of nitrogens with one attached hydrogen (secondary N) is 1. The van der Waals surface area contributed by atoms with E-state index in [0.29, 0.717) is 16.7 Å². The van der Waals surface area contributed by atoms with E-state index in [9.17, 15) is 0 Å². The first kappa shape index (κ1) is 15.9. The molecule has 0 spiro atoms. The van der Waals surface area contributed by atoms with Crippen LogP contribution >= 0.6 is 11.6 Å². The van der Waals surface area contributed by atoms with Crippen LogP contribution in [0.15, 0.2) is 42.5 Å². The molecule has 0 bridgehead atoms. The lowest BCUT2D eigenvalue weighted by Gasteiger charge is -2.12. The molecule has 0 amide bonds. The van der Waals surface area contributed by atoms with E-state index >= 15 is 0 Å². The molecule has 0 aliphatic carbocycles. The van der Waals surface area contributed by atoms with Gasteiger partial charge in [0.2, 0.25) is 0 Å². The first-order valence-electron chi connectivity index (χ1n) is 7.29. The van der Waals surface area contributed by atoms with Crippen LogP contribution in [0.5, 0.6) is 11.5 Å². The maximum Gasteiger partial charge on any atom is 0.146 e. The van der Waals surface area contributed by atoms with Gasteiger partial charge in [-0.3, -0.25) is 0 Å². The standard InChI is InChI=1S/C18H22ClNO/c1-13(2)11-20-12-15-8-9-16(10-14(15)3)21-18-7-5-4-6-17(18)19/h4-10,13,20H,11-12H2,1-3H3. The van der Waals surface area contributed by atoms with Gasteiger partial charge in [0, 0.05) is 6.54 Å². The van der Waals surface area contributed by atoms with E-state index in [0.717, 1.165) is 18.8 Å². The van der Waals surface area contributed by atoms with E-state index in [1.54, 1.807) is 0 Å². The molecule has 3 heteroatoms. The van der Waals surface area contributed by atoms with E-state index in [-0.39, 0.29) is 0 Å². The number of halogens is 1. The van der Waals surface area contributed by atoms with E-state index < -0.39 is 0 Å². The molecule has 0 unspecified atom stereocenters. The zero-order valence-corrected chi connectivity index (χ0v) is 13.6. The van der Waals surface area contributed by atoms with Gasteiger partial charge in [-0.2, -0.15) is 0 Å². The van der Waals surface area contributed by atoms with E-state index in [1.807, 2.05) is 30.3 Å². The van der Waals surface area contributed by atoms with Crippen molar-refractivity contribution in [1.29, 1.82) is 0 Å². The molecule has 21 heavy (non-hydrogen) atoms. The van der Waals surface area contributed by atoms with Crippen molar-refractivity contribution in [2.24, 2.45) is 5.92 Å². The molecule has 0 fully saturated rings. The van der Waals surface area contributed by atoms with Gasteiger partial charge in [0.1, 0.15) is 11.5 Å². The molecule has 0 aliphatic heterocycles. The number of para-hydroxylation sites is 1. The number of aryl methyl sites for hydroxylation is 1. The highest BCUT2D eigenvalue weighted by atomic mass is 35.5. The summed E-state index contributed by atoms with van der Waals surface area (Å²) >= 11 is 6.11. The van der Waals surface area contributed by atoms with Crippen molar-refractivity contribution >= 4 is 11.6 Å². The summed E-state index contributed by atoms with van der Waals surface area (Å²) in [6.07, 6.45) is 0. The Morgan fingerprint density at radius 2 is 1.90 bits per heavy atom. The highest BCUT2D eigenvalue weighted by Gasteiger charge is 2.05. The molecule has 1 N–H and O–H groups in total. The van der Waals surface area contributed by atoms with Crippen molar-refractivity contribution in [2.75, 3.05) is 6.54 Å². The first-order valence-corrected chi connectivity index (χ1v) is 7.66. The van der Waals surface area contributed by atoms with Gasteiger partial charge in [-0.1, -0.05) is 43.6 Å². The van der Waals surface area contributed by atoms with Gasteiger partial charge >= 0.3 is 0 Å². The summed E-state index contributed by atoms with van der Waals surface area (Å²) < 4.78 is 5.84. The smallest absolute Gasteiger partial charge is 0.146 e. The summed E-state index contributed by atoms with van der Waals surface area (Å²) in [5.74, 6) is 2.16. The topological polar surface area (TPSA) is 21.3 Å². The quantitative estimate of drug-likeness (QED) is 0.793. The molecule has 0 heterocycles. The van der Waals surface area contributed by atoms with Gasteiger partial charge < -0.3 is 10.1 Å². The third-order valence-electron chi connectivity index (χ3n) is 3.25. The van der Waals surface area contributed by atoms with Gasteiger partial charge in [0.15, 0.2) is 0 Å². The molecule has 0 saturated heterocycles. The second kappa shape index (κ2) is 7.48. The molecule has 0 radical (unpaired) electrons. The van der Waals surface area contributed by atoms with Crippen LogP contribution in [0.1, 0.15) is 25.0 Å². The van der Waals surface area contributed by atoms with Crippen molar-refractivity contribution in [3.63, 3.8) is 0 Å². The highest BCUT2D eigenvalue weighted by molar-refractivity contribution is 6.32. The third-order valence-corrected chi connectivity index (χ3v) is 3.56. The summed E-state index contributed by atoms with van der Waals surface area (Å²) in [7, 11) is 0. The van der Waals surface area contributed by atoms with Gasteiger partial charge in [0.05, 0.1) is 5.02 Å². The van der Waals surface area contributed by atoms with E-state index in [4.69, 9.17) is 16.3 Å². The number of hydrogen-bond acceptors (Lipinski definition) is 2. The van der Waals surface area contributed by atoms with Crippen molar-refractivity contribution in [3.05, 3.63) is 58.6 Å². The second-order valence-electron chi connectivity index (χ2n) is 5.65. The molecule has 0 aromatic heterocycles. The van der Waals surface area contributed by atoms with Crippen LogP contribution in [0.2, 0.25) is 5.02 Å². The lowest BCUT2D eigenvalue weighted by molar-refractivity contribution is 0.482. The average molecular weight is 304 g/mol. The number of hydrogen-bond donors (Lipinski definition) is 1. The summed E-state index contributed by atoms with van der Waals surface area (Å²) in [6, 6.07) is 13.7. The van der Waals surface area contributed by atoms with Crippen LogP contribution in [0, 0.1) is 12.8 Å². The third kappa shape index (κ3) is 4.76. The van der Waals surface area contributed by atoms with Crippen LogP contribution in [-0.2, 0) is 6.54 Å². The summed E-state index contributed by atoms with van der Waals surface area (Å²) in [5, 5.41) is 4.08. The maximum absolute atomic E-state index is 6.11. The Morgan fingerprint density at radius 1 is 1.14 bits per heavy atom. The maximum atomic E-state index is 6.11. The van der Waals surface area contributed by atoms with E-state index in [1.165, 1.54) is 11.1 Å². The lowest BCUT2D eigenvalue weighted by Crippen LogP contribution is -2.19. The Bertz CT molecular complexity index is 596. The minimum atomic E-state index is 0.623. The molecule has 112 valence electrons. The van der Waals surface area contributed by atoms with Crippen LogP contribution in [0.4, 0.5) is 0 Å². The predicted molar refractivity (Wildman–Crippen MR) is 89.2 cm³/mol. The summed E-state index contributed by atoms with van der Waals surface area (Å²) in [4.78, 5) is 0. The molecular weight excluding hydrogens is 282 g/mol. The zero-order valence-electron chi connectivity index (χ0n) is 12.8. The lowest BCUT2D eigenvalue weighted by atomic mass is 10.1. The fraction of sp³-hybridized carbons (Fsp3) is 0.333.